The Morgan fingerprint density at radius 2 is 1.81 bits per heavy atom. The number of fused-ring (bicyclic) bond motifs is 3. The van der Waals surface area contributed by atoms with Crippen LogP contribution in [0.3, 0.4) is 0 Å². The second kappa shape index (κ2) is 10.2. The summed E-state index contributed by atoms with van der Waals surface area (Å²) >= 11 is 3.21. The van der Waals surface area contributed by atoms with Crippen LogP contribution in [0, 0.1) is 0 Å². The molecule has 2 amide bonds. The molecule has 4 aromatic rings. The Labute approximate surface area is 244 Å². The fourth-order valence-electron chi connectivity index (χ4n) is 5.95. The van der Waals surface area contributed by atoms with Crippen molar-refractivity contribution >= 4 is 39.2 Å². The van der Waals surface area contributed by atoms with Gasteiger partial charge in [0, 0.05) is 41.6 Å². The van der Waals surface area contributed by atoms with Gasteiger partial charge in [-0.25, -0.2) is 4.98 Å². The van der Waals surface area contributed by atoms with E-state index in [9.17, 15) is 32.7 Å². The molecule has 1 aliphatic carbocycles. The van der Waals surface area contributed by atoms with Gasteiger partial charge in [0.15, 0.2) is 5.69 Å². The zero-order valence-electron chi connectivity index (χ0n) is 21.9. The molecule has 1 aromatic carbocycles. The quantitative estimate of drug-likeness (QED) is 0.347. The van der Waals surface area contributed by atoms with Gasteiger partial charge in [-0.1, -0.05) is 0 Å². The fourth-order valence-corrected chi connectivity index (χ4v) is 6.27. The minimum absolute atomic E-state index is 0.0316. The average molecular weight is 646 g/mol. The number of rotatable bonds is 4. The summed E-state index contributed by atoms with van der Waals surface area (Å²) in [5.74, 6) is -0.957. The Hall–Kier alpha value is -4.27. The first kappa shape index (κ1) is 27.9. The van der Waals surface area contributed by atoms with E-state index in [0.29, 0.717) is 50.0 Å². The van der Waals surface area contributed by atoms with Gasteiger partial charge in [-0.3, -0.25) is 14.4 Å². The topological polar surface area (TPSA) is 135 Å². The van der Waals surface area contributed by atoms with Crippen LogP contribution in [-0.2, 0) is 29.4 Å². The summed E-state index contributed by atoms with van der Waals surface area (Å²) in [7, 11) is 0. The van der Waals surface area contributed by atoms with Crippen LogP contribution in [0.1, 0.15) is 46.6 Å². The molecule has 6 rings (SSSR count). The van der Waals surface area contributed by atoms with Crippen molar-refractivity contribution in [1.29, 1.82) is 0 Å². The third-order valence-corrected chi connectivity index (χ3v) is 8.33. The highest BCUT2D eigenvalue weighted by Crippen LogP contribution is 2.45. The monoisotopic (exact) mass is 645 g/mol. The van der Waals surface area contributed by atoms with E-state index in [4.69, 9.17) is 0 Å². The maximum absolute atomic E-state index is 13.7. The molecule has 1 fully saturated rings. The number of benzene rings is 1. The van der Waals surface area contributed by atoms with Gasteiger partial charge >= 0.3 is 6.18 Å². The lowest BCUT2D eigenvalue weighted by Crippen LogP contribution is -2.46. The number of pyridine rings is 1. The molecular weight excluding hydrogens is 623 g/mol. The van der Waals surface area contributed by atoms with E-state index in [-0.39, 0.29) is 39.7 Å². The van der Waals surface area contributed by atoms with Crippen LogP contribution in [0.4, 0.5) is 18.9 Å². The molecule has 4 heterocycles. The number of halogens is 4. The lowest BCUT2D eigenvalue weighted by atomic mass is 9.74. The van der Waals surface area contributed by atoms with Crippen molar-refractivity contribution in [2.75, 3.05) is 18.4 Å². The highest BCUT2D eigenvalue weighted by Gasteiger charge is 2.46. The Kier molecular flexibility index (Phi) is 6.78. The molecule has 11 nitrogen and oxygen atoms in total. The predicted molar refractivity (Wildman–Crippen MR) is 146 cm³/mol. The van der Waals surface area contributed by atoms with Crippen LogP contribution in [0.5, 0.6) is 5.75 Å². The van der Waals surface area contributed by atoms with Gasteiger partial charge in [0.1, 0.15) is 12.3 Å². The van der Waals surface area contributed by atoms with E-state index in [1.165, 1.54) is 30.5 Å². The van der Waals surface area contributed by atoms with Crippen LogP contribution in [-0.4, -0.2) is 59.1 Å². The molecule has 3 aromatic heterocycles. The lowest BCUT2D eigenvalue weighted by molar-refractivity contribution is -0.137. The number of alkyl halides is 3. The predicted octanol–water partition coefficient (Wildman–Crippen LogP) is 3.53. The largest absolute Gasteiger partial charge is 0.505 e. The van der Waals surface area contributed by atoms with Crippen LogP contribution in [0.25, 0.3) is 5.78 Å². The molecule has 0 radical (unpaired) electrons. The summed E-state index contributed by atoms with van der Waals surface area (Å²) in [4.78, 5) is 49.7. The number of likely N-dealkylation sites (tertiary alicyclic amines) is 1. The number of aromatic hydroxyl groups is 1. The second-order valence-electron chi connectivity index (χ2n) is 10.4. The third-order valence-electron chi connectivity index (χ3n) is 7.99. The molecule has 2 N–H and O–H groups in total. The maximum atomic E-state index is 13.7. The highest BCUT2D eigenvalue weighted by atomic mass is 79.9. The highest BCUT2D eigenvalue weighted by molar-refractivity contribution is 9.10. The number of carbonyl (C=O) groups is 2. The molecule has 1 aliphatic heterocycles. The van der Waals surface area contributed by atoms with Crippen LogP contribution < -0.4 is 10.9 Å². The molecular formula is C27H23BrF3N7O4. The normalized spacial score (nSPS) is 16.1. The summed E-state index contributed by atoms with van der Waals surface area (Å²) in [5, 5.41) is 16.9. The SMILES string of the molecule is O=C(Cn1c2c(c(=O)n3nc(Br)nc13)C1(CC2)CCN(C(=O)c2ncccc2O)CC1)Nc1ccc(C(F)(F)F)cc1. The Morgan fingerprint density at radius 3 is 2.48 bits per heavy atom. The van der Waals surface area contributed by atoms with Gasteiger partial charge in [0.25, 0.3) is 11.5 Å². The molecule has 1 spiro atoms. The van der Waals surface area contributed by atoms with Gasteiger partial charge in [0.05, 0.1) is 5.56 Å². The summed E-state index contributed by atoms with van der Waals surface area (Å²) < 4.78 is 41.7. The molecule has 15 heteroatoms. The number of anilines is 1. The zero-order chi connectivity index (χ0) is 29.8. The summed E-state index contributed by atoms with van der Waals surface area (Å²) in [6.45, 7) is 0.417. The van der Waals surface area contributed by atoms with E-state index < -0.39 is 29.0 Å². The average Bonchev–Trinajstić information content (AvgIpc) is 3.52. The summed E-state index contributed by atoms with van der Waals surface area (Å²) in [5.41, 5.74) is -0.429. The van der Waals surface area contributed by atoms with Crippen LogP contribution in [0.2, 0.25) is 0 Å². The molecule has 0 unspecified atom stereocenters. The minimum atomic E-state index is -4.49. The van der Waals surface area contributed by atoms with E-state index in [1.54, 1.807) is 9.47 Å². The molecule has 1 saturated heterocycles. The van der Waals surface area contributed by atoms with Crippen molar-refractivity contribution in [3.8, 4) is 5.75 Å². The fraction of sp³-hybridized carbons (Fsp3) is 0.333. The van der Waals surface area contributed by atoms with E-state index in [0.717, 1.165) is 16.6 Å². The van der Waals surface area contributed by atoms with Gasteiger partial charge in [-0.15, -0.1) is 5.10 Å². The number of hydrogen-bond acceptors (Lipinski definition) is 7. The molecule has 0 saturated carbocycles. The molecule has 0 bridgehead atoms. The van der Waals surface area contributed by atoms with Gasteiger partial charge in [0.2, 0.25) is 16.4 Å². The van der Waals surface area contributed by atoms with Crippen molar-refractivity contribution in [2.24, 2.45) is 0 Å². The minimum Gasteiger partial charge on any atom is -0.505 e. The van der Waals surface area contributed by atoms with E-state index >= 15 is 0 Å². The van der Waals surface area contributed by atoms with Crippen molar-refractivity contribution < 1.29 is 27.9 Å². The van der Waals surface area contributed by atoms with Gasteiger partial charge < -0.3 is 19.9 Å². The van der Waals surface area contributed by atoms with Gasteiger partial charge in [-0.2, -0.15) is 22.7 Å². The first-order chi connectivity index (χ1) is 20.0. The molecule has 0 atom stereocenters. The Bertz CT molecular complexity index is 1780. The Morgan fingerprint density at radius 1 is 1.10 bits per heavy atom. The van der Waals surface area contributed by atoms with Crippen molar-refractivity contribution in [3.63, 3.8) is 0 Å². The number of piperidine rings is 1. The lowest BCUT2D eigenvalue weighted by Gasteiger charge is -2.39. The third kappa shape index (κ3) is 4.80. The molecule has 2 aliphatic rings. The van der Waals surface area contributed by atoms with E-state index in [1.807, 2.05) is 0 Å². The zero-order valence-corrected chi connectivity index (χ0v) is 23.4. The number of hydrogen-bond donors (Lipinski definition) is 2. The van der Waals surface area contributed by atoms with Crippen molar-refractivity contribution in [3.05, 3.63) is 80.2 Å². The number of nitrogens with zero attached hydrogens (tertiary/aromatic N) is 6. The first-order valence-corrected chi connectivity index (χ1v) is 13.8. The molecule has 42 heavy (non-hydrogen) atoms. The van der Waals surface area contributed by atoms with Crippen molar-refractivity contribution in [2.45, 2.75) is 43.8 Å². The Balaban J connectivity index is 1.28. The number of aromatic nitrogens is 5. The van der Waals surface area contributed by atoms with Gasteiger partial charge in [-0.05, 0) is 78.0 Å². The number of carbonyl (C=O) groups excluding carboxylic acids is 2. The number of amides is 2. The smallest absolute Gasteiger partial charge is 0.416 e. The maximum Gasteiger partial charge on any atom is 0.416 e. The second-order valence-corrected chi connectivity index (χ2v) is 11.1. The number of nitrogens with one attached hydrogen (secondary N) is 1. The summed E-state index contributed by atoms with van der Waals surface area (Å²) in [6.07, 6.45) is -1.01. The van der Waals surface area contributed by atoms with Crippen LogP contribution >= 0.6 is 15.9 Å². The molecule has 218 valence electrons. The standard InChI is InChI=1S/C27H23BrF3N7O4/c28-24-34-25-37(14-19(40)33-16-5-3-15(4-6-16)27(29,30)31)17-7-8-26(20(17)22(41)38(25)35-24)9-12-36(13-10-26)23(42)21-18(39)2-1-11-32-21/h1-6,11,39H,7-10,12-14H2,(H,33,40). The van der Waals surface area contributed by atoms with Crippen LogP contribution in [0.15, 0.2) is 52.1 Å². The summed E-state index contributed by atoms with van der Waals surface area (Å²) in [6, 6.07) is 7.05. The first-order valence-electron chi connectivity index (χ1n) is 13.1. The van der Waals surface area contributed by atoms with Crippen molar-refractivity contribution in [1.82, 2.24) is 29.0 Å². The van der Waals surface area contributed by atoms with E-state index in [2.05, 4.69) is 36.3 Å².